The van der Waals surface area contributed by atoms with E-state index in [0.29, 0.717) is 0 Å². The molecule has 0 radical (unpaired) electrons. The van der Waals surface area contributed by atoms with Crippen LogP contribution < -0.4 is 10.1 Å². The molecule has 92 valence electrons. The number of rotatable bonds is 3. The number of ether oxygens (including phenoxy) is 1. The second kappa shape index (κ2) is 5.29. The molecule has 1 aromatic carbocycles. The minimum absolute atomic E-state index is 0.00792. The molecular weight excluding hydrogens is 306 g/mol. The van der Waals surface area contributed by atoms with Crippen LogP contribution in [0.15, 0.2) is 22.7 Å². The number of hydrogen-bond donors (Lipinski definition) is 2. The van der Waals surface area contributed by atoms with Gasteiger partial charge in [0.2, 0.25) is 0 Å². The van der Waals surface area contributed by atoms with Crippen LogP contribution >= 0.6 is 27.7 Å². The topological polar surface area (TPSA) is 58.6 Å². The Morgan fingerprint density at radius 1 is 1.65 bits per heavy atom. The highest BCUT2D eigenvalue weighted by Crippen LogP contribution is 2.35. The van der Waals surface area contributed by atoms with E-state index in [-0.39, 0.29) is 6.04 Å². The zero-order valence-corrected chi connectivity index (χ0v) is 11.5. The lowest BCUT2D eigenvalue weighted by Gasteiger charge is -2.15. The first kappa shape index (κ1) is 12.7. The molecule has 0 spiro atoms. The van der Waals surface area contributed by atoms with Crippen LogP contribution in [0.1, 0.15) is 11.6 Å². The van der Waals surface area contributed by atoms with Gasteiger partial charge < -0.3 is 9.84 Å². The number of methoxy groups -OCH3 is 1. The molecule has 6 heteroatoms. The van der Waals surface area contributed by atoms with Crippen LogP contribution in [-0.4, -0.2) is 29.3 Å². The summed E-state index contributed by atoms with van der Waals surface area (Å²) in [7, 11) is 1.61. The third kappa shape index (κ3) is 2.75. The molecule has 1 aromatic rings. The Labute approximate surface area is 112 Å². The van der Waals surface area contributed by atoms with E-state index in [9.17, 15) is 4.79 Å². The fourth-order valence-electron chi connectivity index (χ4n) is 1.77. The normalized spacial score (nSPS) is 23.6. The third-order valence-electron chi connectivity index (χ3n) is 2.57. The largest absolute Gasteiger partial charge is 0.496 e. The third-order valence-corrected chi connectivity index (χ3v) is 4.26. The number of benzene rings is 1. The number of thioether (sulfide) groups is 1. The van der Waals surface area contributed by atoms with Crippen LogP contribution in [0.25, 0.3) is 0 Å². The standard InChI is InChI=1S/C11H12BrNO3S/c1-16-9-3-2-6(12)4-7(9)8-5-17-10(13-8)11(14)15/h2-4,8,10,13H,5H2,1H3,(H,14,15)/t8-,10+/m1/s1. The van der Waals surface area contributed by atoms with E-state index in [4.69, 9.17) is 9.84 Å². The summed E-state index contributed by atoms with van der Waals surface area (Å²) >= 11 is 4.81. The van der Waals surface area contributed by atoms with E-state index in [1.807, 2.05) is 18.2 Å². The molecule has 1 heterocycles. The van der Waals surface area contributed by atoms with Crippen molar-refractivity contribution in [2.45, 2.75) is 11.4 Å². The maximum Gasteiger partial charge on any atom is 0.331 e. The lowest BCUT2D eigenvalue weighted by atomic mass is 10.1. The SMILES string of the molecule is COc1ccc(Br)cc1[C@H]1CS[C@@H](C(=O)O)N1. The Balaban J connectivity index is 2.23. The Hall–Kier alpha value is -0.720. The van der Waals surface area contributed by atoms with Gasteiger partial charge in [0.15, 0.2) is 5.37 Å². The molecule has 2 rings (SSSR count). The highest BCUT2D eigenvalue weighted by atomic mass is 79.9. The van der Waals surface area contributed by atoms with Gasteiger partial charge in [-0.25, -0.2) is 4.79 Å². The minimum atomic E-state index is -0.827. The van der Waals surface area contributed by atoms with Gasteiger partial charge in [0.1, 0.15) is 5.75 Å². The number of halogens is 1. The van der Waals surface area contributed by atoms with Gasteiger partial charge in [-0.2, -0.15) is 0 Å². The summed E-state index contributed by atoms with van der Waals surface area (Å²) in [5, 5.41) is 11.5. The second-order valence-corrected chi connectivity index (χ2v) is 5.71. The number of nitrogens with one attached hydrogen (secondary N) is 1. The summed E-state index contributed by atoms with van der Waals surface area (Å²) in [4.78, 5) is 10.9. The van der Waals surface area contributed by atoms with Crippen molar-refractivity contribution in [1.29, 1.82) is 0 Å². The lowest BCUT2D eigenvalue weighted by molar-refractivity contribution is -0.137. The Kier molecular flexibility index (Phi) is 3.96. The molecule has 0 unspecified atom stereocenters. The first-order chi connectivity index (χ1) is 8.11. The van der Waals surface area contributed by atoms with Gasteiger partial charge in [-0.05, 0) is 18.2 Å². The molecule has 1 aliphatic rings. The Morgan fingerprint density at radius 3 is 3.00 bits per heavy atom. The Morgan fingerprint density at radius 2 is 2.41 bits per heavy atom. The molecule has 0 saturated carbocycles. The zero-order chi connectivity index (χ0) is 12.4. The van der Waals surface area contributed by atoms with Crippen LogP contribution in [0.4, 0.5) is 0 Å². The van der Waals surface area contributed by atoms with Gasteiger partial charge in [-0.3, -0.25) is 5.32 Å². The van der Waals surface area contributed by atoms with Crippen LogP contribution in [0.3, 0.4) is 0 Å². The molecule has 2 atom stereocenters. The fraction of sp³-hybridized carbons (Fsp3) is 0.364. The average Bonchev–Trinajstić information content (AvgIpc) is 2.78. The molecule has 1 aliphatic heterocycles. The van der Waals surface area contributed by atoms with Crippen LogP contribution in [-0.2, 0) is 4.79 Å². The summed E-state index contributed by atoms with van der Waals surface area (Å²) < 4.78 is 6.25. The van der Waals surface area contributed by atoms with Crippen molar-refractivity contribution < 1.29 is 14.6 Å². The highest BCUT2D eigenvalue weighted by Gasteiger charge is 2.31. The fourth-order valence-corrected chi connectivity index (χ4v) is 3.21. The molecular formula is C11H12BrNO3S. The molecule has 0 bridgehead atoms. The maximum absolute atomic E-state index is 10.9. The first-order valence-corrected chi connectivity index (χ1v) is 6.90. The average molecular weight is 318 g/mol. The van der Waals surface area contributed by atoms with Crippen LogP contribution in [0, 0.1) is 0 Å². The summed E-state index contributed by atoms with van der Waals surface area (Å²) in [6.07, 6.45) is 0. The van der Waals surface area contributed by atoms with Crippen molar-refractivity contribution in [1.82, 2.24) is 5.32 Å². The summed E-state index contributed by atoms with van der Waals surface area (Å²) in [5.74, 6) is 0.674. The van der Waals surface area contributed by atoms with Gasteiger partial charge in [-0.1, -0.05) is 15.9 Å². The molecule has 1 saturated heterocycles. The molecule has 0 amide bonds. The van der Waals surface area contributed by atoms with Gasteiger partial charge in [0, 0.05) is 21.8 Å². The van der Waals surface area contributed by atoms with Gasteiger partial charge in [-0.15, -0.1) is 11.8 Å². The van der Waals surface area contributed by atoms with Crippen molar-refractivity contribution in [3.8, 4) is 5.75 Å². The number of carboxylic acids is 1. The highest BCUT2D eigenvalue weighted by molar-refractivity contribution is 9.10. The lowest BCUT2D eigenvalue weighted by Crippen LogP contribution is -2.30. The maximum atomic E-state index is 10.9. The number of hydrogen-bond acceptors (Lipinski definition) is 4. The quantitative estimate of drug-likeness (QED) is 0.895. The predicted octanol–water partition coefficient (Wildman–Crippen LogP) is 2.25. The minimum Gasteiger partial charge on any atom is -0.496 e. The van der Waals surface area contributed by atoms with Gasteiger partial charge in [0.25, 0.3) is 0 Å². The van der Waals surface area contributed by atoms with Gasteiger partial charge in [0.05, 0.1) is 7.11 Å². The molecule has 17 heavy (non-hydrogen) atoms. The van der Waals surface area contributed by atoms with Gasteiger partial charge >= 0.3 is 5.97 Å². The van der Waals surface area contributed by atoms with E-state index >= 15 is 0 Å². The van der Waals surface area contributed by atoms with E-state index in [0.717, 1.165) is 21.5 Å². The van der Waals surface area contributed by atoms with Crippen molar-refractivity contribution in [3.05, 3.63) is 28.2 Å². The van der Waals surface area contributed by atoms with E-state index in [1.165, 1.54) is 11.8 Å². The van der Waals surface area contributed by atoms with E-state index < -0.39 is 11.3 Å². The smallest absolute Gasteiger partial charge is 0.331 e. The molecule has 2 N–H and O–H groups in total. The number of carbonyl (C=O) groups is 1. The zero-order valence-electron chi connectivity index (χ0n) is 9.14. The number of aliphatic carboxylic acids is 1. The first-order valence-electron chi connectivity index (χ1n) is 5.05. The molecule has 1 fully saturated rings. The number of carboxylic acid groups (broad SMARTS) is 1. The van der Waals surface area contributed by atoms with Crippen LogP contribution in [0.5, 0.6) is 5.75 Å². The predicted molar refractivity (Wildman–Crippen MR) is 70.5 cm³/mol. The van der Waals surface area contributed by atoms with Crippen molar-refractivity contribution in [2.24, 2.45) is 0 Å². The molecule has 4 nitrogen and oxygen atoms in total. The van der Waals surface area contributed by atoms with E-state index in [2.05, 4.69) is 21.2 Å². The van der Waals surface area contributed by atoms with Crippen molar-refractivity contribution in [3.63, 3.8) is 0 Å². The van der Waals surface area contributed by atoms with Crippen molar-refractivity contribution >= 4 is 33.7 Å². The summed E-state index contributed by atoms with van der Waals surface area (Å²) in [6, 6.07) is 5.74. The summed E-state index contributed by atoms with van der Waals surface area (Å²) in [5.41, 5.74) is 0.984. The second-order valence-electron chi connectivity index (χ2n) is 3.66. The monoisotopic (exact) mass is 317 g/mol. The van der Waals surface area contributed by atoms with Crippen LogP contribution in [0.2, 0.25) is 0 Å². The molecule has 0 aromatic heterocycles. The van der Waals surface area contributed by atoms with E-state index in [1.54, 1.807) is 7.11 Å². The Bertz CT molecular complexity index is 441. The molecule has 0 aliphatic carbocycles. The summed E-state index contributed by atoms with van der Waals surface area (Å²) in [6.45, 7) is 0. The van der Waals surface area contributed by atoms with Crippen molar-refractivity contribution in [2.75, 3.05) is 12.9 Å².